The first-order chi connectivity index (χ1) is 14.7. The number of ether oxygens (including phenoxy) is 1. The van der Waals surface area contributed by atoms with E-state index in [2.05, 4.69) is 31.8 Å². The molecule has 1 fully saturated rings. The van der Waals surface area contributed by atoms with Crippen LogP contribution in [0.25, 0.3) is 11.3 Å². The Kier molecular flexibility index (Phi) is 6.43. The number of carbonyl (C=O) groups excluding carboxylic acids is 1. The van der Waals surface area contributed by atoms with Gasteiger partial charge in [0.05, 0.1) is 12.8 Å². The highest BCUT2D eigenvalue weighted by atomic mass is 32.1. The van der Waals surface area contributed by atoms with E-state index in [0.717, 1.165) is 46.6 Å². The molecular formula is C21H24N6O2S. The number of methoxy groups -OCH3 is 1. The van der Waals surface area contributed by atoms with E-state index < -0.39 is 0 Å². The van der Waals surface area contributed by atoms with E-state index in [9.17, 15) is 4.79 Å². The zero-order valence-corrected chi connectivity index (χ0v) is 17.4. The first-order valence-corrected chi connectivity index (χ1v) is 10.6. The molecule has 4 rings (SSSR count). The molecule has 0 unspecified atom stereocenters. The number of thiazole rings is 1. The second-order valence-electron chi connectivity index (χ2n) is 6.93. The predicted molar refractivity (Wildman–Crippen MR) is 120 cm³/mol. The molecule has 1 saturated heterocycles. The van der Waals surface area contributed by atoms with Crippen LogP contribution in [0, 0.1) is 5.92 Å². The highest BCUT2D eigenvalue weighted by Gasteiger charge is 2.14. The second-order valence-corrected chi connectivity index (χ2v) is 7.79. The average Bonchev–Trinajstić information content (AvgIpc) is 3.46. The molecule has 1 aliphatic heterocycles. The summed E-state index contributed by atoms with van der Waals surface area (Å²) in [4.78, 5) is 16.7. The van der Waals surface area contributed by atoms with Crippen LogP contribution < -0.4 is 31.5 Å². The lowest BCUT2D eigenvalue weighted by Gasteiger charge is -2.11. The minimum atomic E-state index is -0.202. The Morgan fingerprint density at radius 2 is 1.80 bits per heavy atom. The van der Waals surface area contributed by atoms with Crippen LogP contribution >= 0.6 is 11.3 Å². The Balaban J connectivity index is 1.30. The Morgan fingerprint density at radius 1 is 1.10 bits per heavy atom. The van der Waals surface area contributed by atoms with E-state index in [1.807, 2.05) is 53.9 Å². The average molecular weight is 425 g/mol. The van der Waals surface area contributed by atoms with Crippen LogP contribution in [0.2, 0.25) is 0 Å². The van der Waals surface area contributed by atoms with Gasteiger partial charge in [0.15, 0.2) is 5.13 Å². The Morgan fingerprint density at radius 3 is 2.50 bits per heavy atom. The van der Waals surface area contributed by atoms with Gasteiger partial charge in [-0.05, 0) is 48.5 Å². The van der Waals surface area contributed by atoms with Crippen molar-refractivity contribution in [3.63, 3.8) is 0 Å². The Labute approximate surface area is 179 Å². The molecule has 0 radical (unpaired) electrons. The fraction of sp³-hybridized carbons (Fsp3) is 0.238. The number of benzene rings is 2. The van der Waals surface area contributed by atoms with Gasteiger partial charge in [0.2, 0.25) is 0 Å². The van der Waals surface area contributed by atoms with Crippen molar-refractivity contribution in [2.45, 2.75) is 0 Å². The van der Waals surface area contributed by atoms with E-state index >= 15 is 0 Å². The summed E-state index contributed by atoms with van der Waals surface area (Å²) in [5.41, 5.74) is 9.68. The summed E-state index contributed by atoms with van der Waals surface area (Å²) in [6.07, 6.45) is 0. The lowest BCUT2D eigenvalue weighted by atomic mass is 10.2. The maximum Gasteiger partial charge on any atom is 0.319 e. The minimum absolute atomic E-state index is 0.202. The third-order valence-corrected chi connectivity index (χ3v) is 5.50. The molecule has 0 bridgehead atoms. The quantitative estimate of drug-likeness (QED) is 0.399. The SMILES string of the molecule is COc1ccc(-c2csc(Nc3ccc(NC(=O)NCC4CNNC4)cc3)n2)cc1. The van der Waals surface area contributed by atoms with Crippen LogP contribution in [0.5, 0.6) is 5.75 Å². The van der Waals surface area contributed by atoms with Gasteiger partial charge >= 0.3 is 6.03 Å². The summed E-state index contributed by atoms with van der Waals surface area (Å²) in [7, 11) is 1.65. The summed E-state index contributed by atoms with van der Waals surface area (Å²) in [6, 6.07) is 15.2. The Hall–Kier alpha value is -3.14. The number of nitrogens with one attached hydrogen (secondary N) is 5. The number of hydrazine groups is 1. The van der Waals surface area contributed by atoms with Gasteiger partial charge < -0.3 is 20.7 Å². The summed E-state index contributed by atoms with van der Waals surface area (Å²) >= 11 is 1.54. The van der Waals surface area contributed by atoms with Gasteiger partial charge in [0.1, 0.15) is 5.75 Å². The highest BCUT2D eigenvalue weighted by Crippen LogP contribution is 2.28. The predicted octanol–water partition coefficient (Wildman–Crippen LogP) is 3.41. The zero-order valence-electron chi connectivity index (χ0n) is 16.6. The minimum Gasteiger partial charge on any atom is -0.497 e. The lowest BCUT2D eigenvalue weighted by Crippen LogP contribution is -2.34. The largest absolute Gasteiger partial charge is 0.497 e. The lowest BCUT2D eigenvalue weighted by molar-refractivity contribution is 0.250. The number of nitrogens with zero attached hydrogens (tertiary/aromatic N) is 1. The molecule has 5 N–H and O–H groups in total. The van der Waals surface area contributed by atoms with Crippen molar-refractivity contribution in [1.29, 1.82) is 0 Å². The summed E-state index contributed by atoms with van der Waals surface area (Å²) < 4.78 is 5.19. The van der Waals surface area contributed by atoms with Crippen LogP contribution in [-0.2, 0) is 0 Å². The molecular weight excluding hydrogens is 400 g/mol. The second kappa shape index (κ2) is 9.57. The maximum atomic E-state index is 12.0. The number of anilines is 3. The standard InChI is InChI=1S/C21H24N6O2S/c1-29-18-8-2-15(3-9-18)19-13-30-21(27-19)26-17-6-4-16(5-7-17)25-20(28)22-10-14-11-23-24-12-14/h2-9,13-14,23-24H,10-12H2,1H3,(H,26,27)(H2,22,25,28). The monoisotopic (exact) mass is 424 g/mol. The van der Waals surface area contributed by atoms with Gasteiger partial charge in [-0.1, -0.05) is 0 Å². The molecule has 0 spiro atoms. The van der Waals surface area contributed by atoms with Gasteiger partial charge in [-0.15, -0.1) is 11.3 Å². The van der Waals surface area contributed by atoms with Gasteiger partial charge in [0, 0.05) is 47.9 Å². The van der Waals surface area contributed by atoms with Crippen molar-refractivity contribution in [1.82, 2.24) is 21.2 Å². The number of hydrogen-bond acceptors (Lipinski definition) is 7. The van der Waals surface area contributed by atoms with E-state index in [4.69, 9.17) is 4.74 Å². The molecule has 0 saturated carbocycles. The molecule has 1 aliphatic rings. The molecule has 3 aromatic rings. The molecule has 2 amide bonds. The van der Waals surface area contributed by atoms with Crippen molar-refractivity contribution in [3.8, 4) is 17.0 Å². The number of carbonyl (C=O) groups is 1. The molecule has 2 heterocycles. The van der Waals surface area contributed by atoms with Crippen LogP contribution in [0.4, 0.5) is 21.3 Å². The van der Waals surface area contributed by atoms with Gasteiger partial charge in [-0.25, -0.2) is 9.78 Å². The Bertz CT molecular complexity index is 968. The fourth-order valence-corrected chi connectivity index (χ4v) is 3.79. The molecule has 8 nitrogen and oxygen atoms in total. The van der Waals surface area contributed by atoms with Crippen LogP contribution in [-0.4, -0.2) is 37.8 Å². The first-order valence-electron chi connectivity index (χ1n) is 9.67. The van der Waals surface area contributed by atoms with Crippen LogP contribution in [0.3, 0.4) is 0 Å². The van der Waals surface area contributed by atoms with Gasteiger partial charge in [-0.3, -0.25) is 10.9 Å². The van der Waals surface area contributed by atoms with Crippen molar-refractivity contribution < 1.29 is 9.53 Å². The molecule has 0 atom stereocenters. The van der Waals surface area contributed by atoms with Crippen molar-refractivity contribution in [2.24, 2.45) is 5.92 Å². The van der Waals surface area contributed by atoms with E-state index in [0.29, 0.717) is 12.5 Å². The molecule has 9 heteroatoms. The van der Waals surface area contributed by atoms with Crippen LogP contribution in [0.1, 0.15) is 0 Å². The maximum absolute atomic E-state index is 12.0. The van der Waals surface area contributed by atoms with Crippen molar-refractivity contribution >= 4 is 33.9 Å². The molecule has 30 heavy (non-hydrogen) atoms. The number of aromatic nitrogens is 1. The topological polar surface area (TPSA) is 99.3 Å². The summed E-state index contributed by atoms with van der Waals surface area (Å²) in [6.45, 7) is 2.35. The van der Waals surface area contributed by atoms with Gasteiger partial charge in [0.25, 0.3) is 0 Å². The van der Waals surface area contributed by atoms with Crippen LogP contribution in [0.15, 0.2) is 53.9 Å². The van der Waals surface area contributed by atoms with Crippen molar-refractivity contribution in [2.75, 3.05) is 37.4 Å². The van der Waals surface area contributed by atoms with E-state index in [1.165, 1.54) is 11.3 Å². The fourth-order valence-electron chi connectivity index (χ4n) is 3.05. The van der Waals surface area contributed by atoms with E-state index in [-0.39, 0.29) is 6.03 Å². The third-order valence-electron chi connectivity index (χ3n) is 4.74. The summed E-state index contributed by atoms with van der Waals surface area (Å²) in [5, 5.41) is 11.9. The first kappa shape index (κ1) is 20.1. The van der Waals surface area contributed by atoms with Gasteiger partial charge in [-0.2, -0.15) is 0 Å². The molecule has 1 aromatic heterocycles. The zero-order chi connectivity index (χ0) is 20.8. The third kappa shape index (κ3) is 5.26. The van der Waals surface area contributed by atoms with E-state index in [1.54, 1.807) is 7.11 Å². The molecule has 0 aliphatic carbocycles. The molecule has 156 valence electrons. The number of hydrogen-bond donors (Lipinski definition) is 5. The highest BCUT2D eigenvalue weighted by molar-refractivity contribution is 7.14. The number of urea groups is 1. The number of amides is 2. The summed E-state index contributed by atoms with van der Waals surface area (Å²) in [5.74, 6) is 1.23. The smallest absolute Gasteiger partial charge is 0.319 e. The normalized spacial score (nSPS) is 13.8. The molecule has 2 aromatic carbocycles. The van der Waals surface area contributed by atoms with Crippen molar-refractivity contribution in [3.05, 3.63) is 53.9 Å². The number of rotatable bonds is 7.